The van der Waals surface area contributed by atoms with E-state index in [-0.39, 0.29) is 11.5 Å². The first kappa shape index (κ1) is 12.4. The zero-order valence-electron chi connectivity index (χ0n) is 11.2. The lowest BCUT2D eigenvalue weighted by Crippen LogP contribution is -2.30. The quantitative estimate of drug-likeness (QED) is 0.940. The lowest BCUT2D eigenvalue weighted by atomic mass is 9.95. The van der Waals surface area contributed by atoms with Gasteiger partial charge in [0.2, 0.25) is 5.89 Å². The Hall–Kier alpha value is -1.33. The van der Waals surface area contributed by atoms with E-state index in [0.29, 0.717) is 0 Å². The first-order valence-corrected chi connectivity index (χ1v) is 8.25. The molecule has 1 atom stereocenters. The Balaban J connectivity index is 1.62. The van der Waals surface area contributed by atoms with Gasteiger partial charge >= 0.3 is 0 Å². The van der Waals surface area contributed by atoms with Gasteiger partial charge in [-0.15, -0.1) is 0 Å². The molecular formula is C15H17N3OS. The molecule has 5 heteroatoms. The van der Waals surface area contributed by atoms with Crippen LogP contribution in [0.5, 0.6) is 0 Å². The fourth-order valence-electron chi connectivity index (χ4n) is 2.82. The molecule has 4 nitrogen and oxygen atoms in total. The zero-order valence-corrected chi connectivity index (χ0v) is 12.0. The van der Waals surface area contributed by atoms with Crippen LogP contribution in [0.1, 0.15) is 36.2 Å². The minimum Gasteiger partial charge on any atom is -0.338 e. The van der Waals surface area contributed by atoms with E-state index < -0.39 is 0 Å². The first-order chi connectivity index (χ1) is 9.88. The van der Waals surface area contributed by atoms with Crippen LogP contribution >= 0.6 is 11.8 Å². The van der Waals surface area contributed by atoms with Crippen LogP contribution in [0.2, 0.25) is 0 Å². The maximum absolute atomic E-state index is 5.52. The Morgan fingerprint density at radius 3 is 2.80 bits per heavy atom. The molecule has 1 unspecified atom stereocenters. The van der Waals surface area contributed by atoms with E-state index in [9.17, 15) is 0 Å². The normalized spacial score (nSPS) is 24.5. The highest BCUT2D eigenvalue weighted by molar-refractivity contribution is 7.99. The van der Waals surface area contributed by atoms with Crippen molar-refractivity contribution < 1.29 is 4.52 Å². The number of nitrogens with one attached hydrogen (secondary N) is 1. The fourth-order valence-corrected chi connectivity index (χ4v) is 3.74. The molecule has 2 aromatic rings. The average Bonchev–Trinajstić information content (AvgIpc) is 3.19. The van der Waals surface area contributed by atoms with Gasteiger partial charge in [0.15, 0.2) is 5.82 Å². The van der Waals surface area contributed by atoms with Crippen molar-refractivity contribution in [3.63, 3.8) is 0 Å². The lowest BCUT2D eigenvalue weighted by Gasteiger charge is -2.19. The third-order valence-corrected chi connectivity index (χ3v) is 5.23. The highest BCUT2D eigenvalue weighted by atomic mass is 32.2. The van der Waals surface area contributed by atoms with Crippen LogP contribution in [0.3, 0.4) is 0 Å². The summed E-state index contributed by atoms with van der Waals surface area (Å²) in [6, 6.07) is 10.7. The number of benzene rings is 1. The molecule has 0 radical (unpaired) electrons. The molecule has 1 aliphatic heterocycles. The van der Waals surface area contributed by atoms with Crippen molar-refractivity contribution in [2.24, 2.45) is 0 Å². The molecule has 20 heavy (non-hydrogen) atoms. The predicted octanol–water partition coefficient (Wildman–Crippen LogP) is 2.53. The van der Waals surface area contributed by atoms with Gasteiger partial charge in [-0.1, -0.05) is 35.5 Å². The van der Waals surface area contributed by atoms with E-state index in [1.165, 1.54) is 5.56 Å². The summed E-state index contributed by atoms with van der Waals surface area (Å²) in [5.41, 5.74) is 1.31. The minimum absolute atomic E-state index is 0.00478. The second kappa shape index (κ2) is 4.90. The molecule has 0 bridgehead atoms. The lowest BCUT2D eigenvalue weighted by molar-refractivity contribution is 0.337. The van der Waals surface area contributed by atoms with Crippen LogP contribution in [0.4, 0.5) is 0 Å². The Morgan fingerprint density at radius 2 is 2.10 bits per heavy atom. The van der Waals surface area contributed by atoms with Gasteiger partial charge in [0, 0.05) is 18.1 Å². The van der Waals surface area contributed by atoms with Gasteiger partial charge in [-0.2, -0.15) is 16.7 Å². The summed E-state index contributed by atoms with van der Waals surface area (Å²) >= 11 is 1.94. The predicted molar refractivity (Wildman–Crippen MR) is 78.8 cm³/mol. The van der Waals surface area contributed by atoms with Gasteiger partial charge in [-0.05, 0) is 18.4 Å². The summed E-state index contributed by atoms with van der Waals surface area (Å²) in [6.07, 6.45) is 2.23. The van der Waals surface area contributed by atoms with E-state index in [4.69, 9.17) is 9.51 Å². The number of rotatable bonds is 3. The summed E-state index contributed by atoms with van der Waals surface area (Å²) in [4.78, 5) is 4.69. The van der Waals surface area contributed by atoms with Gasteiger partial charge < -0.3 is 9.84 Å². The van der Waals surface area contributed by atoms with Crippen molar-refractivity contribution in [3.05, 3.63) is 47.6 Å². The SMILES string of the molecule is c1ccc(C2(c3noc(C4CSCCN4)n3)CC2)cc1. The molecule has 2 fully saturated rings. The first-order valence-electron chi connectivity index (χ1n) is 7.09. The molecule has 1 aliphatic carbocycles. The van der Waals surface area contributed by atoms with Crippen LogP contribution in [-0.4, -0.2) is 28.2 Å². The molecule has 1 aromatic heterocycles. The van der Waals surface area contributed by atoms with E-state index in [2.05, 4.69) is 34.7 Å². The topological polar surface area (TPSA) is 51.0 Å². The molecule has 104 valence electrons. The summed E-state index contributed by atoms with van der Waals surface area (Å²) in [7, 11) is 0. The molecule has 0 amide bonds. The van der Waals surface area contributed by atoms with Crippen molar-refractivity contribution in [2.45, 2.75) is 24.3 Å². The fraction of sp³-hybridized carbons (Fsp3) is 0.467. The summed E-state index contributed by atoms with van der Waals surface area (Å²) in [5.74, 6) is 3.77. The Kier molecular flexibility index (Phi) is 3.04. The van der Waals surface area contributed by atoms with E-state index in [0.717, 1.165) is 42.6 Å². The largest absolute Gasteiger partial charge is 0.338 e. The highest BCUT2D eigenvalue weighted by Gasteiger charge is 2.50. The van der Waals surface area contributed by atoms with Gasteiger partial charge in [0.1, 0.15) is 0 Å². The van der Waals surface area contributed by atoms with E-state index in [1.807, 2.05) is 17.8 Å². The third-order valence-electron chi connectivity index (χ3n) is 4.17. The number of nitrogens with zero attached hydrogens (tertiary/aromatic N) is 2. The second-order valence-electron chi connectivity index (χ2n) is 5.49. The third kappa shape index (κ3) is 2.05. The Labute approximate surface area is 122 Å². The van der Waals surface area contributed by atoms with Crippen molar-refractivity contribution in [2.75, 3.05) is 18.1 Å². The second-order valence-corrected chi connectivity index (χ2v) is 6.64. The van der Waals surface area contributed by atoms with Crippen LogP contribution in [-0.2, 0) is 5.41 Å². The number of aromatic nitrogens is 2. The summed E-state index contributed by atoms with van der Waals surface area (Å²) in [6.45, 7) is 1.01. The van der Waals surface area contributed by atoms with E-state index in [1.54, 1.807) is 0 Å². The van der Waals surface area contributed by atoms with Gasteiger partial charge in [0.25, 0.3) is 0 Å². The smallest absolute Gasteiger partial charge is 0.244 e. The Bertz CT molecular complexity index is 588. The van der Waals surface area contributed by atoms with Gasteiger partial charge in [-0.3, -0.25) is 0 Å². The van der Waals surface area contributed by atoms with Gasteiger partial charge in [-0.25, -0.2) is 0 Å². The van der Waals surface area contributed by atoms with Crippen molar-refractivity contribution in [3.8, 4) is 0 Å². The molecule has 2 aliphatic rings. The van der Waals surface area contributed by atoms with Crippen LogP contribution < -0.4 is 5.32 Å². The molecular weight excluding hydrogens is 270 g/mol. The standard InChI is InChI=1S/C15H17N3OS/c1-2-4-11(5-3-1)15(6-7-15)14-17-13(19-18-14)12-10-20-9-8-16-12/h1-5,12,16H,6-10H2. The maximum Gasteiger partial charge on any atom is 0.244 e. The monoisotopic (exact) mass is 287 g/mol. The maximum atomic E-state index is 5.52. The number of thioether (sulfide) groups is 1. The number of hydrogen-bond donors (Lipinski definition) is 1. The molecule has 1 N–H and O–H groups in total. The average molecular weight is 287 g/mol. The summed E-state index contributed by atoms with van der Waals surface area (Å²) < 4.78 is 5.52. The van der Waals surface area contributed by atoms with Crippen LogP contribution in [0.15, 0.2) is 34.9 Å². The van der Waals surface area contributed by atoms with Crippen LogP contribution in [0, 0.1) is 0 Å². The van der Waals surface area contributed by atoms with Crippen LogP contribution in [0.25, 0.3) is 0 Å². The highest BCUT2D eigenvalue weighted by Crippen LogP contribution is 2.52. The number of hydrogen-bond acceptors (Lipinski definition) is 5. The zero-order chi connectivity index (χ0) is 13.4. The minimum atomic E-state index is 0.00478. The summed E-state index contributed by atoms with van der Waals surface area (Å²) in [5, 5.41) is 7.71. The van der Waals surface area contributed by atoms with Crippen molar-refractivity contribution in [1.82, 2.24) is 15.5 Å². The molecule has 2 heterocycles. The van der Waals surface area contributed by atoms with E-state index >= 15 is 0 Å². The molecule has 4 rings (SSSR count). The van der Waals surface area contributed by atoms with Crippen molar-refractivity contribution in [1.29, 1.82) is 0 Å². The molecule has 1 saturated carbocycles. The van der Waals surface area contributed by atoms with Gasteiger partial charge in [0.05, 0.1) is 11.5 Å². The molecule has 1 saturated heterocycles. The molecule has 1 aromatic carbocycles. The van der Waals surface area contributed by atoms with Crippen molar-refractivity contribution >= 4 is 11.8 Å². The Morgan fingerprint density at radius 1 is 1.25 bits per heavy atom. The molecule has 0 spiro atoms.